The fraction of sp³-hybridized carbons (Fsp3) is 0.280. The summed E-state index contributed by atoms with van der Waals surface area (Å²) in [4.78, 5) is 53.4. The van der Waals surface area contributed by atoms with Gasteiger partial charge in [-0.3, -0.25) is 24.1 Å². The number of carbonyl (C=O) groups is 4. The van der Waals surface area contributed by atoms with E-state index in [4.69, 9.17) is 4.74 Å². The number of esters is 1. The molecule has 2 aromatic carbocycles. The number of carbonyl (C=O) groups excluding carboxylic acids is 4. The van der Waals surface area contributed by atoms with Crippen molar-refractivity contribution in [2.45, 2.75) is 19.3 Å². The van der Waals surface area contributed by atoms with Crippen LogP contribution in [0, 0.1) is 17.8 Å². The highest BCUT2D eigenvalue weighted by Gasteiger charge is 2.47. The van der Waals surface area contributed by atoms with Crippen LogP contribution < -0.4 is 14.5 Å². The predicted octanol–water partition coefficient (Wildman–Crippen LogP) is 3.86. The van der Waals surface area contributed by atoms with Crippen molar-refractivity contribution in [1.82, 2.24) is 0 Å². The molecule has 0 saturated carbocycles. The second-order valence-electron chi connectivity index (χ2n) is 8.46. The zero-order chi connectivity index (χ0) is 23.1. The summed E-state index contributed by atoms with van der Waals surface area (Å²) in [5.41, 5.74) is 1.20. The number of benzene rings is 2. The van der Waals surface area contributed by atoms with Crippen LogP contribution in [0.4, 0.5) is 11.4 Å². The summed E-state index contributed by atoms with van der Waals surface area (Å²) in [6.07, 6.45) is 5.15. The molecule has 1 aliphatic carbocycles. The maximum Gasteiger partial charge on any atom is 0.316 e. The molecule has 8 heteroatoms. The Morgan fingerprint density at radius 3 is 2.03 bits per heavy atom. The number of hydrogen-bond acceptors (Lipinski definition) is 5. The SMILES string of the molecule is O=C(Oc1ccc(N2C(=O)[C@H]3CC=CC[C@H]3C2=O)cc1)[C@@H]1CC(=O)N(c2ccc(Br)cc2)C1. The minimum absolute atomic E-state index is 0.0839. The molecular formula is C25H21BrN2O5. The van der Waals surface area contributed by atoms with Crippen LogP contribution >= 0.6 is 15.9 Å². The third kappa shape index (κ3) is 3.99. The van der Waals surface area contributed by atoms with Crippen LogP contribution in [0.1, 0.15) is 19.3 Å². The van der Waals surface area contributed by atoms with Gasteiger partial charge in [-0.25, -0.2) is 0 Å². The van der Waals surface area contributed by atoms with E-state index in [9.17, 15) is 19.2 Å². The van der Waals surface area contributed by atoms with Gasteiger partial charge in [0.1, 0.15) is 5.75 Å². The first-order chi connectivity index (χ1) is 15.9. The van der Waals surface area contributed by atoms with Crippen LogP contribution in [-0.2, 0) is 19.2 Å². The Morgan fingerprint density at radius 1 is 0.848 bits per heavy atom. The molecule has 7 nitrogen and oxygen atoms in total. The van der Waals surface area contributed by atoms with E-state index in [0.29, 0.717) is 24.3 Å². The van der Waals surface area contributed by atoms with Gasteiger partial charge in [-0.05, 0) is 61.4 Å². The molecule has 0 bridgehead atoms. The van der Waals surface area contributed by atoms with Crippen LogP contribution in [0.25, 0.3) is 0 Å². The fourth-order valence-electron chi connectivity index (χ4n) is 4.65. The third-order valence-corrected chi connectivity index (χ3v) is 6.95. The van der Waals surface area contributed by atoms with Gasteiger partial charge in [0.05, 0.1) is 23.4 Å². The number of amides is 3. The van der Waals surface area contributed by atoms with Gasteiger partial charge in [0.15, 0.2) is 0 Å². The monoisotopic (exact) mass is 508 g/mol. The maximum absolute atomic E-state index is 12.7. The quantitative estimate of drug-likeness (QED) is 0.271. The van der Waals surface area contributed by atoms with E-state index < -0.39 is 11.9 Å². The molecule has 3 amide bonds. The second-order valence-corrected chi connectivity index (χ2v) is 9.38. The summed E-state index contributed by atoms with van der Waals surface area (Å²) in [6.45, 7) is 0.255. The number of nitrogens with zero attached hydrogens (tertiary/aromatic N) is 2. The Kier molecular flexibility index (Phi) is 5.62. The number of anilines is 2. The van der Waals surface area contributed by atoms with Crippen molar-refractivity contribution >= 4 is 51.0 Å². The molecule has 2 fully saturated rings. The number of imide groups is 1. The molecule has 0 unspecified atom stereocenters. The Morgan fingerprint density at radius 2 is 1.42 bits per heavy atom. The molecule has 0 aromatic heterocycles. The lowest BCUT2D eigenvalue weighted by molar-refractivity contribution is -0.139. The molecule has 2 heterocycles. The molecular weight excluding hydrogens is 488 g/mol. The second kappa shape index (κ2) is 8.59. The number of allylic oxidation sites excluding steroid dienone is 2. The van der Waals surface area contributed by atoms with E-state index in [1.165, 1.54) is 4.90 Å². The summed E-state index contributed by atoms with van der Waals surface area (Å²) in [5, 5.41) is 0. The molecule has 168 valence electrons. The van der Waals surface area contributed by atoms with Gasteiger partial charge in [0.2, 0.25) is 17.7 Å². The molecule has 33 heavy (non-hydrogen) atoms. The largest absolute Gasteiger partial charge is 0.426 e. The smallest absolute Gasteiger partial charge is 0.316 e. The van der Waals surface area contributed by atoms with Crippen molar-refractivity contribution in [3.63, 3.8) is 0 Å². The maximum atomic E-state index is 12.7. The first-order valence-corrected chi connectivity index (χ1v) is 11.6. The first-order valence-electron chi connectivity index (χ1n) is 10.8. The van der Waals surface area contributed by atoms with Gasteiger partial charge in [0, 0.05) is 23.1 Å². The van der Waals surface area contributed by atoms with Crippen LogP contribution in [0.15, 0.2) is 65.2 Å². The van der Waals surface area contributed by atoms with Gasteiger partial charge < -0.3 is 9.64 Å². The highest BCUT2D eigenvalue weighted by Crippen LogP contribution is 2.38. The fourth-order valence-corrected chi connectivity index (χ4v) is 4.92. The van der Waals surface area contributed by atoms with E-state index in [-0.39, 0.29) is 42.5 Å². The number of hydrogen-bond donors (Lipinski definition) is 0. The zero-order valence-corrected chi connectivity index (χ0v) is 19.2. The van der Waals surface area contributed by atoms with Gasteiger partial charge in [-0.15, -0.1) is 0 Å². The normalized spacial score (nSPS) is 24.4. The molecule has 3 atom stereocenters. The average molecular weight is 509 g/mol. The summed E-state index contributed by atoms with van der Waals surface area (Å²) in [6, 6.07) is 13.7. The number of ether oxygens (including phenoxy) is 1. The molecule has 2 aliphatic heterocycles. The van der Waals surface area contributed by atoms with Crippen molar-refractivity contribution in [2.24, 2.45) is 17.8 Å². The Labute approximate surface area is 199 Å². The number of fused-ring (bicyclic) bond motifs is 1. The molecule has 0 spiro atoms. The van der Waals surface area contributed by atoms with Gasteiger partial charge >= 0.3 is 5.97 Å². The van der Waals surface area contributed by atoms with Crippen molar-refractivity contribution in [3.05, 3.63) is 65.2 Å². The molecule has 2 saturated heterocycles. The van der Waals surface area contributed by atoms with Gasteiger partial charge in [-0.1, -0.05) is 28.1 Å². The molecule has 5 rings (SSSR count). The van der Waals surface area contributed by atoms with E-state index in [1.807, 2.05) is 36.4 Å². The standard InChI is InChI=1S/C25H21BrN2O5/c26-16-5-7-17(8-6-16)27-14-15(13-22(27)29)25(32)33-19-11-9-18(10-12-19)28-23(30)20-3-1-2-4-21(20)24(28)31/h1-2,5-12,15,20-21H,3-4,13-14H2/t15-,20-,21+/m1/s1. The number of halogens is 1. The Bertz CT molecular complexity index is 1130. The first kappa shape index (κ1) is 21.6. The Balaban J connectivity index is 1.24. The predicted molar refractivity (Wildman–Crippen MR) is 125 cm³/mol. The summed E-state index contributed by atoms with van der Waals surface area (Å²) >= 11 is 3.37. The molecule has 2 aromatic rings. The van der Waals surface area contributed by atoms with Crippen LogP contribution in [0.5, 0.6) is 5.75 Å². The Hall–Kier alpha value is -3.26. The topological polar surface area (TPSA) is 84.0 Å². The van der Waals surface area contributed by atoms with E-state index in [1.54, 1.807) is 29.2 Å². The highest BCUT2D eigenvalue weighted by atomic mass is 79.9. The van der Waals surface area contributed by atoms with E-state index >= 15 is 0 Å². The lowest BCUT2D eigenvalue weighted by Gasteiger charge is -2.17. The van der Waals surface area contributed by atoms with Crippen LogP contribution in [-0.4, -0.2) is 30.2 Å². The van der Waals surface area contributed by atoms with E-state index in [0.717, 1.165) is 10.2 Å². The van der Waals surface area contributed by atoms with Crippen LogP contribution in [0.3, 0.4) is 0 Å². The van der Waals surface area contributed by atoms with Crippen molar-refractivity contribution < 1.29 is 23.9 Å². The molecule has 3 aliphatic rings. The summed E-state index contributed by atoms with van der Waals surface area (Å²) in [7, 11) is 0. The lowest BCUT2D eigenvalue weighted by Crippen LogP contribution is -2.30. The summed E-state index contributed by atoms with van der Waals surface area (Å²) in [5.74, 6) is -1.84. The minimum Gasteiger partial charge on any atom is -0.426 e. The average Bonchev–Trinajstić information content (AvgIpc) is 3.33. The minimum atomic E-state index is -0.571. The van der Waals surface area contributed by atoms with Crippen LogP contribution in [0.2, 0.25) is 0 Å². The number of rotatable bonds is 4. The zero-order valence-electron chi connectivity index (χ0n) is 17.6. The summed E-state index contributed by atoms with van der Waals surface area (Å²) < 4.78 is 6.40. The van der Waals surface area contributed by atoms with Crippen molar-refractivity contribution in [1.29, 1.82) is 0 Å². The van der Waals surface area contributed by atoms with E-state index in [2.05, 4.69) is 15.9 Å². The molecule has 0 N–H and O–H groups in total. The van der Waals surface area contributed by atoms with Gasteiger partial charge in [0.25, 0.3) is 0 Å². The van der Waals surface area contributed by atoms with Crippen molar-refractivity contribution in [2.75, 3.05) is 16.3 Å². The third-order valence-electron chi connectivity index (χ3n) is 6.42. The lowest BCUT2D eigenvalue weighted by atomic mass is 9.85. The molecule has 0 radical (unpaired) electrons. The van der Waals surface area contributed by atoms with Gasteiger partial charge in [-0.2, -0.15) is 0 Å². The van der Waals surface area contributed by atoms with Crippen molar-refractivity contribution in [3.8, 4) is 5.75 Å². The highest BCUT2D eigenvalue weighted by molar-refractivity contribution is 9.10.